The standard InChI is InChI=1S/C15H12F5NOS/c1-3-14(16,17)12(22)11-8(2)21-13(23-11)9-4-6-10(7-5-9)15(18,19)20/h3-7,12,22H,1H2,2H3. The van der Waals surface area contributed by atoms with Crippen LogP contribution in [-0.2, 0) is 6.18 Å². The van der Waals surface area contributed by atoms with Gasteiger partial charge in [-0.15, -0.1) is 11.3 Å². The van der Waals surface area contributed by atoms with Gasteiger partial charge in [-0.3, -0.25) is 0 Å². The molecule has 0 radical (unpaired) electrons. The number of thiazole rings is 1. The minimum absolute atomic E-state index is 0.0511. The largest absolute Gasteiger partial charge is 0.416 e. The van der Waals surface area contributed by atoms with Gasteiger partial charge in [0.05, 0.1) is 16.1 Å². The molecule has 0 aliphatic carbocycles. The van der Waals surface area contributed by atoms with Gasteiger partial charge in [-0.05, 0) is 25.1 Å². The van der Waals surface area contributed by atoms with E-state index in [1.54, 1.807) is 0 Å². The summed E-state index contributed by atoms with van der Waals surface area (Å²) in [6, 6.07) is 4.20. The second-order valence-corrected chi connectivity index (χ2v) is 5.86. The van der Waals surface area contributed by atoms with Crippen LogP contribution in [0.5, 0.6) is 0 Å². The van der Waals surface area contributed by atoms with E-state index >= 15 is 0 Å². The van der Waals surface area contributed by atoms with Crippen molar-refractivity contribution in [3.63, 3.8) is 0 Å². The van der Waals surface area contributed by atoms with Gasteiger partial charge in [0.2, 0.25) is 0 Å². The summed E-state index contributed by atoms with van der Waals surface area (Å²) < 4.78 is 64.6. The normalized spacial score (nSPS) is 13.9. The first-order valence-electron chi connectivity index (χ1n) is 6.40. The monoisotopic (exact) mass is 349 g/mol. The minimum atomic E-state index is -4.45. The van der Waals surface area contributed by atoms with Crippen molar-refractivity contribution >= 4 is 11.3 Å². The van der Waals surface area contributed by atoms with Gasteiger partial charge in [-0.1, -0.05) is 18.7 Å². The van der Waals surface area contributed by atoms with E-state index in [-0.39, 0.29) is 15.6 Å². The number of alkyl halides is 5. The highest BCUT2D eigenvalue weighted by molar-refractivity contribution is 7.15. The first-order valence-corrected chi connectivity index (χ1v) is 7.22. The van der Waals surface area contributed by atoms with Crippen LogP contribution in [0.4, 0.5) is 22.0 Å². The Labute approximate surface area is 132 Å². The van der Waals surface area contributed by atoms with Crippen LogP contribution in [0.2, 0.25) is 0 Å². The smallest absolute Gasteiger partial charge is 0.381 e. The van der Waals surface area contributed by atoms with E-state index in [9.17, 15) is 27.1 Å². The molecular weight excluding hydrogens is 337 g/mol. The number of hydrogen-bond acceptors (Lipinski definition) is 3. The highest BCUT2D eigenvalue weighted by atomic mass is 32.1. The van der Waals surface area contributed by atoms with E-state index in [1.807, 2.05) is 0 Å². The van der Waals surface area contributed by atoms with Crippen molar-refractivity contribution in [3.05, 3.63) is 53.1 Å². The van der Waals surface area contributed by atoms with E-state index in [4.69, 9.17) is 0 Å². The molecule has 1 atom stereocenters. The minimum Gasteiger partial charge on any atom is -0.381 e. The Kier molecular flexibility index (Phi) is 4.59. The van der Waals surface area contributed by atoms with Crippen LogP contribution in [0.1, 0.15) is 22.2 Å². The van der Waals surface area contributed by atoms with Gasteiger partial charge < -0.3 is 5.11 Å². The maximum absolute atomic E-state index is 13.5. The van der Waals surface area contributed by atoms with Gasteiger partial charge in [0.1, 0.15) is 5.01 Å². The predicted octanol–water partition coefficient (Wildman–Crippen LogP) is 4.99. The van der Waals surface area contributed by atoms with E-state index < -0.39 is 23.8 Å². The Balaban J connectivity index is 2.36. The van der Waals surface area contributed by atoms with Crippen molar-refractivity contribution < 1.29 is 27.1 Å². The number of aliphatic hydroxyl groups is 1. The average Bonchev–Trinajstić information content (AvgIpc) is 2.87. The zero-order valence-corrected chi connectivity index (χ0v) is 12.7. The van der Waals surface area contributed by atoms with Crippen LogP contribution in [-0.4, -0.2) is 16.0 Å². The molecule has 8 heteroatoms. The Hall–Kier alpha value is -1.80. The summed E-state index contributed by atoms with van der Waals surface area (Å²) in [6.07, 6.45) is -6.21. The van der Waals surface area contributed by atoms with Crippen LogP contribution in [0.15, 0.2) is 36.9 Å². The van der Waals surface area contributed by atoms with Gasteiger partial charge in [0, 0.05) is 5.56 Å². The van der Waals surface area contributed by atoms with Crippen molar-refractivity contribution in [3.8, 4) is 10.6 Å². The molecule has 0 aliphatic heterocycles. The summed E-state index contributed by atoms with van der Waals surface area (Å²) in [6.45, 7) is 4.42. The van der Waals surface area contributed by atoms with Crippen LogP contribution >= 0.6 is 11.3 Å². The molecule has 0 saturated carbocycles. The summed E-state index contributed by atoms with van der Waals surface area (Å²) >= 11 is 0.806. The highest BCUT2D eigenvalue weighted by Crippen LogP contribution is 2.40. The van der Waals surface area contributed by atoms with Crippen LogP contribution in [0.3, 0.4) is 0 Å². The number of aryl methyl sites for hydroxylation is 1. The summed E-state index contributed by atoms with van der Waals surface area (Å²) in [5.41, 5.74) is -0.265. The van der Waals surface area contributed by atoms with Gasteiger partial charge in [-0.2, -0.15) is 22.0 Å². The molecule has 2 rings (SSSR count). The van der Waals surface area contributed by atoms with E-state index in [1.165, 1.54) is 19.1 Å². The van der Waals surface area contributed by atoms with Gasteiger partial charge >= 0.3 is 6.18 Å². The second-order valence-electron chi connectivity index (χ2n) is 4.82. The maximum Gasteiger partial charge on any atom is 0.416 e. The first kappa shape index (κ1) is 17.6. The second kappa shape index (κ2) is 6.01. The van der Waals surface area contributed by atoms with Crippen LogP contribution in [0, 0.1) is 6.92 Å². The third-order valence-electron chi connectivity index (χ3n) is 3.18. The number of aromatic nitrogens is 1. The molecule has 0 aliphatic rings. The molecular formula is C15H12F5NOS. The lowest BCUT2D eigenvalue weighted by molar-refractivity contribution is -0.137. The van der Waals surface area contributed by atoms with Gasteiger partial charge in [0.25, 0.3) is 5.92 Å². The summed E-state index contributed by atoms with van der Waals surface area (Å²) in [5.74, 6) is -3.52. The molecule has 1 N–H and O–H groups in total. The Morgan fingerprint density at radius 3 is 2.22 bits per heavy atom. The van der Waals surface area contributed by atoms with Gasteiger partial charge in [0.15, 0.2) is 6.10 Å². The van der Waals surface area contributed by atoms with Gasteiger partial charge in [-0.25, -0.2) is 4.98 Å². The fraction of sp³-hybridized carbons (Fsp3) is 0.267. The molecule has 2 aromatic rings. The number of rotatable bonds is 4. The predicted molar refractivity (Wildman–Crippen MR) is 77.4 cm³/mol. The number of benzene rings is 1. The van der Waals surface area contributed by atoms with Crippen LogP contribution < -0.4 is 0 Å². The first-order chi connectivity index (χ1) is 10.6. The lowest BCUT2D eigenvalue weighted by Gasteiger charge is -2.17. The SMILES string of the molecule is C=CC(F)(F)C(O)c1sc(-c2ccc(C(F)(F)F)cc2)nc1C. The molecule has 23 heavy (non-hydrogen) atoms. The molecule has 0 amide bonds. The van der Waals surface area contributed by atoms with Crippen molar-refractivity contribution in [1.82, 2.24) is 4.98 Å². The van der Waals surface area contributed by atoms with E-state index in [2.05, 4.69) is 11.6 Å². The summed E-state index contributed by atoms with van der Waals surface area (Å²) in [4.78, 5) is 4.00. The number of halogens is 5. The van der Waals surface area contributed by atoms with Crippen molar-refractivity contribution in [2.45, 2.75) is 25.1 Å². The fourth-order valence-electron chi connectivity index (χ4n) is 1.87. The average molecular weight is 349 g/mol. The molecule has 0 spiro atoms. The third-order valence-corrected chi connectivity index (χ3v) is 4.44. The molecule has 1 aromatic heterocycles. The van der Waals surface area contributed by atoms with E-state index in [0.717, 1.165) is 23.5 Å². The number of aliphatic hydroxyl groups excluding tert-OH is 1. The molecule has 0 fully saturated rings. The third kappa shape index (κ3) is 3.59. The Morgan fingerprint density at radius 1 is 1.17 bits per heavy atom. The zero-order valence-electron chi connectivity index (χ0n) is 11.9. The fourth-order valence-corrected chi connectivity index (χ4v) is 2.98. The molecule has 124 valence electrons. The topological polar surface area (TPSA) is 33.1 Å². The lowest BCUT2D eigenvalue weighted by atomic mass is 10.1. The van der Waals surface area contributed by atoms with E-state index in [0.29, 0.717) is 11.6 Å². The zero-order chi connectivity index (χ0) is 17.4. The quantitative estimate of drug-likeness (QED) is 0.623. The number of hydrogen-bond donors (Lipinski definition) is 1. The summed E-state index contributed by atoms with van der Waals surface area (Å²) in [5, 5.41) is 10.00. The molecule has 1 aromatic carbocycles. The molecule has 1 heterocycles. The van der Waals surface area contributed by atoms with Crippen molar-refractivity contribution in [1.29, 1.82) is 0 Å². The Bertz CT molecular complexity index is 706. The molecule has 0 saturated heterocycles. The van der Waals surface area contributed by atoms with Crippen molar-refractivity contribution in [2.75, 3.05) is 0 Å². The molecule has 1 unspecified atom stereocenters. The Morgan fingerprint density at radius 2 is 1.74 bits per heavy atom. The van der Waals surface area contributed by atoms with Crippen molar-refractivity contribution in [2.24, 2.45) is 0 Å². The molecule has 2 nitrogen and oxygen atoms in total. The maximum atomic E-state index is 13.5. The number of nitrogens with zero attached hydrogens (tertiary/aromatic N) is 1. The lowest BCUT2D eigenvalue weighted by Crippen LogP contribution is -2.22. The highest BCUT2D eigenvalue weighted by Gasteiger charge is 2.38. The summed E-state index contributed by atoms with van der Waals surface area (Å²) in [7, 11) is 0. The molecule has 0 bridgehead atoms. The van der Waals surface area contributed by atoms with Crippen LogP contribution in [0.25, 0.3) is 10.6 Å².